The van der Waals surface area contributed by atoms with E-state index in [1.54, 1.807) is 0 Å². The van der Waals surface area contributed by atoms with E-state index in [0.29, 0.717) is 0 Å². The third-order valence-corrected chi connectivity index (χ3v) is 3.87. The molecule has 0 saturated heterocycles. The molecule has 0 aliphatic carbocycles. The van der Waals surface area contributed by atoms with Crippen molar-refractivity contribution in [2.24, 2.45) is 5.73 Å². The highest BCUT2D eigenvalue weighted by Gasteiger charge is 2.24. The number of hydrogen-bond acceptors (Lipinski definition) is 2. The number of nitrogens with zero attached hydrogens (tertiary/aromatic N) is 1. The highest BCUT2D eigenvalue weighted by Crippen LogP contribution is 2.30. The summed E-state index contributed by atoms with van der Waals surface area (Å²) in [5.41, 5.74) is 7.58. The highest BCUT2D eigenvalue weighted by atomic mass is 79.9. The molecule has 2 atom stereocenters. The summed E-state index contributed by atoms with van der Waals surface area (Å²) in [5, 5.41) is 0. The summed E-state index contributed by atoms with van der Waals surface area (Å²) in [6.07, 6.45) is 2.13. The molecule has 0 aliphatic rings. The van der Waals surface area contributed by atoms with Crippen molar-refractivity contribution in [2.75, 3.05) is 13.6 Å². The van der Waals surface area contributed by atoms with Crippen LogP contribution < -0.4 is 5.73 Å². The van der Waals surface area contributed by atoms with Crippen LogP contribution >= 0.6 is 15.9 Å². The van der Waals surface area contributed by atoms with E-state index in [1.165, 1.54) is 5.56 Å². The maximum atomic E-state index is 6.29. The minimum Gasteiger partial charge on any atom is -0.326 e. The number of benzene rings is 1. The number of likely N-dealkylation sites (N-methyl/N-ethyl adjacent to an activating group) is 1. The Morgan fingerprint density at radius 2 is 1.94 bits per heavy atom. The Bertz CT molecular complexity index is 341. The molecule has 1 rings (SSSR count). The molecule has 0 heterocycles. The first-order valence-electron chi connectivity index (χ1n) is 6.32. The number of rotatable bonds is 6. The number of halogens is 1. The molecule has 96 valence electrons. The van der Waals surface area contributed by atoms with Gasteiger partial charge >= 0.3 is 0 Å². The van der Waals surface area contributed by atoms with Gasteiger partial charge in [0.15, 0.2) is 0 Å². The average molecular weight is 299 g/mol. The van der Waals surface area contributed by atoms with Gasteiger partial charge in [-0.3, -0.25) is 4.90 Å². The molecule has 0 radical (unpaired) electrons. The van der Waals surface area contributed by atoms with Crippen LogP contribution in [-0.2, 0) is 0 Å². The van der Waals surface area contributed by atoms with E-state index in [-0.39, 0.29) is 12.1 Å². The first-order valence-corrected chi connectivity index (χ1v) is 7.11. The lowest BCUT2D eigenvalue weighted by atomic mass is 9.96. The molecule has 1 aromatic rings. The Morgan fingerprint density at radius 1 is 1.29 bits per heavy atom. The van der Waals surface area contributed by atoms with Gasteiger partial charge in [-0.1, -0.05) is 48.0 Å². The predicted octanol–water partition coefficient (Wildman–Crippen LogP) is 3.57. The standard InChI is InChI=1S/C14H23BrN2/c1-4-10-17(3)14(13(16)5-2)11-8-6-7-9-12(11)15/h6-9,13-14H,4-5,10,16H2,1-3H3. The molecule has 17 heavy (non-hydrogen) atoms. The van der Waals surface area contributed by atoms with Crippen LogP contribution in [0.4, 0.5) is 0 Å². The lowest BCUT2D eigenvalue weighted by Crippen LogP contribution is -2.39. The summed E-state index contributed by atoms with van der Waals surface area (Å²) in [6, 6.07) is 8.83. The molecule has 2 N–H and O–H groups in total. The molecule has 0 saturated carbocycles. The zero-order chi connectivity index (χ0) is 12.8. The Morgan fingerprint density at radius 3 is 2.47 bits per heavy atom. The molecule has 0 spiro atoms. The lowest BCUT2D eigenvalue weighted by molar-refractivity contribution is 0.209. The van der Waals surface area contributed by atoms with E-state index in [9.17, 15) is 0 Å². The van der Waals surface area contributed by atoms with Gasteiger partial charge in [-0.05, 0) is 38.1 Å². The maximum absolute atomic E-state index is 6.29. The van der Waals surface area contributed by atoms with Crippen molar-refractivity contribution in [1.29, 1.82) is 0 Å². The summed E-state index contributed by atoms with van der Waals surface area (Å²) in [4.78, 5) is 2.36. The Labute approximate surface area is 113 Å². The second-order valence-corrected chi connectivity index (χ2v) is 5.37. The first-order chi connectivity index (χ1) is 8.11. The van der Waals surface area contributed by atoms with Crippen LogP contribution in [0.15, 0.2) is 28.7 Å². The van der Waals surface area contributed by atoms with Crippen molar-refractivity contribution < 1.29 is 0 Å². The Balaban J connectivity index is 3.02. The van der Waals surface area contributed by atoms with Crippen LogP contribution in [0, 0.1) is 0 Å². The number of hydrogen-bond donors (Lipinski definition) is 1. The van der Waals surface area contributed by atoms with Gasteiger partial charge in [0, 0.05) is 10.5 Å². The molecular formula is C14H23BrN2. The molecular weight excluding hydrogens is 276 g/mol. The van der Waals surface area contributed by atoms with E-state index in [1.807, 2.05) is 6.07 Å². The summed E-state index contributed by atoms with van der Waals surface area (Å²) in [6.45, 7) is 5.42. The van der Waals surface area contributed by atoms with Gasteiger partial charge in [-0.2, -0.15) is 0 Å². The summed E-state index contributed by atoms with van der Waals surface area (Å²) in [7, 11) is 2.16. The lowest BCUT2D eigenvalue weighted by Gasteiger charge is -2.33. The number of nitrogens with two attached hydrogens (primary N) is 1. The SMILES string of the molecule is CCCN(C)C(c1ccccc1Br)C(N)CC. The summed E-state index contributed by atoms with van der Waals surface area (Å²) in [5.74, 6) is 0. The summed E-state index contributed by atoms with van der Waals surface area (Å²) < 4.78 is 1.15. The van der Waals surface area contributed by atoms with Gasteiger partial charge in [-0.15, -0.1) is 0 Å². The van der Waals surface area contributed by atoms with Gasteiger partial charge in [0.2, 0.25) is 0 Å². The molecule has 2 nitrogen and oxygen atoms in total. The van der Waals surface area contributed by atoms with Gasteiger partial charge < -0.3 is 5.73 Å². The van der Waals surface area contributed by atoms with Crippen LogP contribution in [0.3, 0.4) is 0 Å². The molecule has 0 aliphatic heterocycles. The fraction of sp³-hybridized carbons (Fsp3) is 0.571. The second kappa shape index (κ2) is 7.14. The van der Waals surface area contributed by atoms with Gasteiger partial charge in [0.05, 0.1) is 6.04 Å². The van der Waals surface area contributed by atoms with E-state index >= 15 is 0 Å². The van der Waals surface area contributed by atoms with E-state index in [4.69, 9.17) is 5.73 Å². The van der Waals surface area contributed by atoms with Crippen LogP contribution in [0.25, 0.3) is 0 Å². The van der Waals surface area contributed by atoms with Crippen LogP contribution in [0.2, 0.25) is 0 Å². The van der Waals surface area contributed by atoms with Crippen molar-refractivity contribution in [1.82, 2.24) is 4.90 Å². The quantitative estimate of drug-likeness (QED) is 0.870. The van der Waals surface area contributed by atoms with Crippen LogP contribution in [0.5, 0.6) is 0 Å². The van der Waals surface area contributed by atoms with Gasteiger partial charge in [0.25, 0.3) is 0 Å². The van der Waals surface area contributed by atoms with Crippen molar-refractivity contribution in [3.63, 3.8) is 0 Å². The Kier molecular flexibility index (Phi) is 6.17. The highest BCUT2D eigenvalue weighted by molar-refractivity contribution is 9.10. The zero-order valence-corrected chi connectivity index (χ0v) is 12.6. The van der Waals surface area contributed by atoms with E-state index < -0.39 is 0 Å². The van der Waals surface area contributed by atoms with Crippen molar-refractivity contribution in [3.05, 3.63) is 34.3 Å². The second-order valence-electron chi connectivity index (χ2n) is 4.52. The molecule has 2 unspecified atom stereocenters. The largest absolute Gasteiger partial charge is 0.326 e. The van der Waals surface area contributed by atoms with Gasteiger partial charge in [0.1, 0.15) is 0 Å². The average Bonchev–Trinajstić information content (AvgIpc) is 2.32. The van der Waals surface area contributed by atoms with Crippen LogP contribution in [-0.4, -0.2) is 24.5 Å². The fourth-order valence-electron chi connectivity index (χ4n) is 2.22. The molecule has 3 heteroatoms. The topological polar surface area (TPSA) is 29.3 Å². The molecule has 0 bridgehead atoms. The smallest absolute Gasteiger partial charge is 0.0507 e. The maximum Gasteiger partial charge on any atom is 0.0507 e. The van der Waals surface area contributed by atoms with Crippen molar-refractivity contribution in [2.45, 2.75) is 38.8 Å². The van der Waals surface area contributed by atoms with E-state index in [2.05, 4.69) is 59.9 Å². The van der Waals surface area contributed by atoms with Crippen LogP contribution in [0.1, 0.15) is 38.3 Å². The normalized spacial score (nSPS) is 14.9. The molecule has 0 aromatic heterocycles. The van der Waals surface area contributed by atoms with Crippen molar-refractivity contribution >= 4 is 15.9 Å². The molecule has 0 fully saturated rings. The zero-order valence-electron chi connectivity index (χ0n) is 11.0. The molecule has 0 amide bonds. The predicted molar refractivity (Wildman–Crippen MR) is 78.1 cm³/mol. The summed E-state index contributed by atoms with van der Waals surface area (Å²) >= 11 is 3.63. The fourth-order valence-corrected chi connectivity index (χ4v) is 2.74. The van der Waals surface area contributed by atoms with Gasteiger partial charge in [-0.25, -0.2) is 0 Å². The third kappa shape index (κ3) is 3.80. The van der Waals surface area contributed by atoms with Crippen molar-refractivity contribution in [3.8, 4) is 0 Å². The van der Waals surface area contributed by atoms with E-state index in [0.717, 1.165) is 23.9 Å². The Hall–Kier alpha value is -0.380. The monoisotopic (exact) mass is 298 g/mol. The molecule has 1 aromatic carbocycles. The minimum absolute atomic E-state index is 0.172. The third-order valence-electron chi connectivity index (χ3n) is 3.15. The first kappa shape index (κ1) is 14.7. The minimum atomic E-state index is 0.172.